The Bertz CT molecular complexity index is 751. The lowest BCUT2D eigenvalue weighted by molar-refractivity contribution is -0.115. The average Bonchev–Trinajstić information content (AvgIpc) is 2.94. The molecule has 2 rings (SSSR count). The first kappa shape index (κ1) is 16.2. The molecule has 0 fully saturated rings. The normalized spacial score (nSPS) is 11.4. The van der Waals surface area contributed by atoms with Gasteiger partial charge in [-0.1, -0.05) is 19.1 Å². The van der Waals surface area contributed by atoms with Crippen LogP contribution in [0.15, 0.2) is 41.8 Å². The van der Waals surface area contributed by atoms with Crippen LogP contribution in [-0.4, -0.2) is 30.4 Å². The first-order chi connectivity index (χ1) is 10.4. The SMILES string of the molecule is CCc1ccc(NC(=O)CNS(=O)(=O)c2cn(C)cn2)cc1. The van der Waals surface area contributed by atoms with Crippen LogP contribution in [0.1, 0.15) is 12.5 Å². The van der Waals surface area contributed by atoms with Crippen LogP contribution >= 0.6 is 0 Å². The summed E-state index contributed by atoms with van der Waals surface area (Å²) in [5.41, 5.74) is 1.79. The summed E-state index contributed by atoms with van der Waals surface area (Å²) in [7, 11) is -2.11. The van der Waals surface area contributed by atoms with Crippen LogP contribution in [0.3, 0.4) is 0 Å². The van der Waals surface area contributed by atoms with Gasteiger partial charge in [-0.25, -0.2) is 18.1 Å². The summed E-state index contributed by atoms with van der Waals surface area (Å²) in [5.74, 6) is -0.441. The Morgan fingerprint density at radius 3 is 2.50 bits per heavy atom. The van der Waals surface area contributed by atoms with E-state index in [9.17, 15) is 13.2 Å². The monoisotopic (exact) mass is 322 g/mol. The van der Waals surface area contributed by atoms with Crippen molar-refractivity contribution in [3.05, 3.63) is 42.4 Å². The number of hydrogen-bond donors (Lipinski definition) is 2. The van der Waals surface area contributed by atoms with Crippen molar-refractivity contribution in [2.45, 2.75) is 18.4 Å². The van der Waals surface area contributed by atoms with Crippen molar-refractivity contribution in [3.8, 4) is 0 Å². The number of rotatable bonds is 6. The van der Waals surface area contributed by atoms with Crippen LogP contribution in [0.4, 0.5) is 5.69 Å². The number of nitrogens with one attached hydrogen (secondary N) is 2. The Morgan fingerprint density at radius 1 is 1.27 bits per heavy atom. The number of sulfonamides is 1. The summed E-state index contributed by atoms with van der Waals surface area (Å²) < 4.78 is 27.6. The summed E-state index contributed by atoms with van der Waals surface area (Å²) in [6.45, 7) is 1.69. The van der Waals surface area contributed by atoms with E-state index >= 15 is 0 Å². The van der Waals surface area contributed by atoms with Gasteiger partial charge in [-0.05, 0) is 24.1 Å². The van der Waals surface area contributed by atoms with Crippen molar-refractivity contribution in [2.75, 3.05) is 11.9 Å². The van der Waals surface area contributed by atoms with Crippen molar-refractivity contribution in [2.24, 2.45) is 7.05 Å². The van der Waals surface area contributed by atoms with E-state index in [4.69, 9.17) is 0 Å². The third-order valence-corrected chi connectivity index (χ3v) is 4.31. The highest BCUT2D eigenvalue weighted by Gasteiger charge is 2.18. The van der Waals surface area contributed by atoms with Gasteiger partial charge in [0.1, 0.15) is 0 Å². The molecule has 1 aromatic carbocycles. The quantitative estimate of drug-likeness (QED) is 0.826. The zero-order chi connectivity index (χ0) is 16.2. The number of carbonyl (C=O) groups is 1. The van der Waals surface area contributed by atoms with E-state index in [1.165, 1.54) is 17.1 Å². The van der Waals surface area contributed by atoms with E-state index in [0.29, 0.717) is 5.69 Å². The lowest BCUT2D eigenvalue weighted by Crippen LogP contribution is -2.33. The second kappa shape index (κ2) is 6.71. The van der Waals surface area contributed by atoms with Crippen LogP contribution in [0.2, 0.25) is 0 Å². The molecule has 0 spiro atoms. The van der Waals surface area contributed by atoms with Gasteiger partial charge in [0.05, 0.1) is 12.9 Å². The molecule has 118 valence electrons. The topological polar surface area (TPSA) is 93.1 Å². The predicted molar refractivity (Wildman–Crippen MR) is 82.8 cm³/mol. The second-order valence-electron chi connectivity index (χ2n) is 4.80. The first-order valence-electron chi connectivity index (χ1n) is 6.77. The van der Waals surface area contributed by atoms with Gasteiger partial charge >= 0.3 is 0 Å². The maximum atomic E-state index is 11.9. The molecule has 0 saturated carbocycles. The van der Waals surface area contributed by atoms with Gasteiger partial charge in [0.2, 0.25) is 5.91 Å². The smallest absolute Gasteiger partial charge is 0.260 e. The van der Waals surface area contributed by atoms with Crippen molar-refractivity contribution in [1.29, 1.82) is 0 Å². The van der Waals surface area contributed by atoms with Crippen molar-refractivity contribution >= 4 is 21.6 Å². The highest BCUT2D eigenvalue weighted by molar-refractivity contribution is 7.89. The Kier molecular flexibility index (Phi) is 4.94. The summed E-state index contributed by atoms with van der Waals surface area (Å²) in [4.78, 5) is 15.5. The molecular weight excluding hydrogens is 304 g/mol. The van der Waals surface area contributed by atoms with Gasteiger partial charge in [0.15, 0.2) is 5.03 Å². The van der Waals surface area contributed by atoms with Crippen molar-refractivity contribution in [3.63, 3.8) is 0 Å². The highest BCUT2D eigenvalue weighted by atomic mass is 32.2. The fourth-order valence-electron chi connectivity index (χ4n) is 1.79. The molecule has 0 saturated heterocycles. The molecule has 0 bridgehead atoms. The summed E-state index contributed by atoms with van der Waals surface area (Å²) in [6.07, 6.45) is 3.66. The molecule has 7 nitrogen and oxygen atoms in total. The Morgan fingerprint density at radius 2 is 1.95 bits per heavy atom. The maximum Gasteiger partial charge on any atom is 0.260 e. The van der Waals surface area contributed by atoms with Crippen LogP contribution in [0.25, 0.3) is 0 Å². The number of anilines is 1. The Hall–Kier alpha value is -2.19. The van der Waals surface area contributed by atoms with E-state index in [0.717, 1.165) is 12.0 Å². The zero-order valence-corrected chi connectivity index (χ0v) is 13.2. The van der Waals surface area contributed by atoms with Gasteiger partial charge in [-0.2, -0.15) is 0 Å². The van der Waals surface area contributed by atoms with Crippen LogP contribution < -0.4 is 10.0 Å². The first-order valence-corrected chi connectivity index (χ1v) is 8.25. The minimum atomic E-state index is -3.78. The molecule has 0 aliphatic carbocycles. The van der Waals surface area contributed by atoms with Crippen LogP contribution in [0.5, 0.6) is 0 Å². The van der Waals surface area contributed by atoms with E-state index in [2.05, 4.69) is 15.0 Å². The third-order valence-electron chi connectivity index (χ3n) is 3.03. The molecule has 0 atom stereocenters. The molecule has 0 unspecified atom stereocenters. The lowest BCUT2D eigenvalue weighted by atomic mass is 10.1. The maximum absolute atomic E-state index is 11.9. The zero-order valence-electron chi connectivity index (χ0n) is 12.4. The number of hydrogen-bond acceptors (Lipinski definition) is 4. The molecule has 1 aromatic heterocycles. The van der Waals surface area contributed by atoms with Crippen molar-refractivity contribution < 1.29 is 13.2 Å². The predicted octanol–water partition coefficient (Wildman–Crippen LogP) is 0.899. The fourth-order valence-corrected chi connectivity index (χ4v) is 2.75. The molecule has 8 heteroatoms. The van der Waals surface area contributed by atoms with E-state index in [-0.39, 0.29) is 11.6 Å². The Balaban J connectivity index is 1.92. The number of aryl methyl sites for hydroxylation is 2. The lowest BCUT2D eigenvalue weighted by Gasteiger charge is -2.07. The number of nitrogens with zero attached hydrogens (tertiary/aromatic N) is 2. The van der Waals surface area contributed by atoms with Crippen LogP contribution in [0, 0.1) is 0 Å². The third kappa shape index (κ3) is 4.15. The number of carbonyl (C=O) groups excluding carboxylic acids is 1. The van der Waals surface area contributed by atoms with Gasteiger partial charge < -0.3 is 9.88 Å². The minimum absolute atomic E-state index is 0.116. The molecule has 0 aliphatic heterocycles. The highest BCUT2D eigenvalue weighted by Crippen LogP contribution is 2.10. The molecular formula is C14H18N4O3S. The molecule has 2 aromatic rings. The van der Waals surface area contributed by atoms with E-state index in [1.54, 1.807) is 19.2 Å². The van der Waals surface area contributed by atoms with Crippen LogP contribution in [-0.2, 0) is 28.3 Å². The molecule has 1 amide bonds. The van der Waals surface area contributed by atoms with E-state index < -0.39 is 15.9 Å². The standard InChI is InChI=1S/C14H18N4O3S/c1-3-11-4-6-12(7-5-11)17-13(19)8-16-22(20,21)14-9-18(2)10-15-14/h4-7,9-10,16H,3,8H2,1-2H3,(H,17,19). The Labute approximate surface area is 129 Å². The fraction of sp³-hybridized carbons (Fsp3) is 0.286. The number of imidazole rings is 1. The average molecular weight is 322 g/mol. The second-order valence-corrected chi connectivity index (χ2v) is 6.51. The summed E-state index contributed by atoms with van der Waals surface area (Å²) in [6, 6.07) is 7.38. The number of benzene rings is 1. The molecule has 1 heterocycles. The van der Waals surface area contributed by atoms with E-state index in [1.807, 2.05) is 19.1 Å². The van der Waals surface area contributed by atoms with Gasteiger partial charge in [0, 0.05) is 18.9 Å². The van der Waals surface area contributed by atoms with Gasteiger partial charge in [0.25, 0.3) is 10.0 Å². The molecule has 22 heavy (non-hydrogen) atoms. The number of amides is 1. The number of aromatic nitrogens is 2. The molecule has 2 N–H and O–H groups in total. The molecule has 0 radical (unpaired) electrons. The largest absolute Gasteiger partial charge is 0.339 e. The summed E-state index contributed by atoms with van der Waals surface area (Å²) in [5, 5.41) is 2.52. The molecule has 0 aliphatic rings. The van der Waals surface area contributed by atoms with Crippen molar-refractivity contribution in [1.82, 2.24) is 14.3 Å². The van der Waals surface area contributed by atoms with Gasteiger partial charge in [-0.3, -0.25) is 4.79 Å². The minimum Gasteiger partial charge on any atom is -0.339 e. The summed E-state index contributed by atoms with van der Waals surface area (Å²) >= 11 is 0. The van der Waals surface area contributed by atoms with Gasteiger partial charge in [-0.15, -0.1) is 0 Å².